The van der Waals surface area contributed by atoms with Gasteiger partial charge in [0.05, 0.1) is 5.69 Å². The summed E-state index contributed by atoms with van der Waals surface area (Å²) in [6.45, 7) is 5.06. The zero-order valence-corrected chi connectivity index (χ0v) is 13.4. The van der Waals surface area contributed by atoms with Gasteiger partial charge in [-0.15, -0.1) is 0 Å². The lowest BCUT2D eigenvalue weighted by Gasteiger charge is -2.01. The highest BCUT2D eigenvalue weighted by Crippen LogP contribution is 2.13. The van der Waals surface area contributed by atoms with Crippen LogP contribution in [0.1, 0.15) is 22.7 Å². The number of aromatic nitrogens is 3. The van der Waals surface area contributed by atoms with Crippen LogP contribution in [-0.4, -0.2) is 33.4 Å². The van der Waals surface area contributed by atoms with E-state index in [0.29, 0.717) is 5.76 Å². The first-order valence-corrected chi connectivity index (χ1v) is 6.95. The molecule has 0 atom stereocenters. The van der Waals surface area contributed by atoms with Crippen LogP contribution < -0.4 is 5.32 Å². The third-order valence-electron chi connectivity index (χ3n) is 3.19. The van der Waals surface area contributed by atoms with Crippen molar-refractivity contribution in [2.45, 2.75) is 20.8 Å². The van der Waals surface area contributed by atoms with Gasteiger partial charge in [0, 0.05) is 30.4 Å². The van der Waals surface area contributed by atoms with E-state index in [1.54, 1.807) is 23.7 Å². The van der Waals surface area contributed by atoms with Crippen LogP contribution in [0.5, 0.6) is 0 Å². The van der Waals surface area contributed by atoms with E-state index in [1.807, 2.05) is 20.9 Å². The highest BCUT2D eigenvalue weighted by Gasteiger charge is 2.10. The molecular formula is C15H18N4O4. The van der Waals surface area contributed by atoms with Gasteiger partial charge in [0.15, 0.2) is 12.4 Å². The SMILES string of the molecule is Cc1cc(NC(=O)COC(=O)/C=C/c2c(C)nn(C)c2C)no1. The van der Waals surface area contributed by atoms with Crippen molar-refractivity contribution < 1.29 is 18.8 Å². The Kier molecular flexibility index (Phi) is 4.95. The summed E-state index contributed by atoms with van der Waals surface area (Å²) in [7, 11) is 1.83. The number of aryl methyl sites for hydroxylation is 3. The van der Waals surface area contributed by atoms with Gasteiger partial charge in [-0.25, -0.2) is 4.79 Å². The van der Waals surface area contributed by atoms with Gasteiger partial charge in [0.2, 0.25) is 0 Å². The Hall–Kier alpha value is -2.90. The van der Waals surface area contributed by atoms with Crippen LogP contribution in [0.25, 0.3) is 6.08 Å². The standard InChI is InChI=1S/C15H18N4O4/c1-9-7-13(18-23-9)16-14(20)8-22-15(21)6-5-12-10(2)17-19(4)11(12)3/h5-7H,8H2,1-4H3,(H,16,18,20)/b6-5+. The summed E-state index contributed by atoms with van der Waals surface area (Å²) in [6.07, 6.45) is 2.89. The van der Waals surface area contributed by atoms with Crippen molar-refractivity contribution in [3.8, 4) is 0 Å². The van der Waals surface area contributed by atoms with Gasteiger partial charge < -0.3 is 14.6 Å². The summed E-state index contributed by atoms with van der Waals surface area (Å²) < 4.78 is 11.4. The molecule has 2 aromatic rings. The highest BCUT2D eigenvalue weighted by molar-refractivity contribution is 5.94. The lowest BCUT2D eigenvalue weighted by molar-refractivity contribution is -0.142. The molecule has 2 heterocycles. The van der Waals surface area contributed by atoms with Crippen LogP contribution in [0.15, 0.2) is 16.7 Å². The minimum absolute atomic E-state index is 0.278. The van der Waals surface area contributed by atoms with Gasteiger partial charge in [0.1, 0.15) is 5.76 Å². The van der Waals surface area contributed by atoms with Gasteiger partial charge in [-0.05, 0) is 26.8 Å². The number of carbonyl (C=O) groups excluding carboxylic acids is 2. The minimum Gasteiger partial charge on any atom is -0.452 e. The number of carbonyl (C=O) groups is 2. The number of hydrogen-bond donors (Lipinski definition) is 1. The molecule has 0 aromatic carbocycles. The second-order valence-electron chi connectivity index (χ2n) is 5.02. The molecule has 0 fully saturated rings. The molecule has 0 spiro atoms. The van der Waals surface area contributed by atoms with E-state index in [1.165, 1.54) is 6.08 Å². The first kappa shape index (κ1) is 16.5. The Morgan fingerprint density at radius 3 is 2.70 bits per heavy atom. The zero-order chi connectivity index (χ0) is 17.0. The average Bonchev–Trinajstić information content (AvgIpc) is 2.99. The normalized spacial score (nSPS) is 11.0. The molecule has 122 valence electrons. The topological polar surface area (TPSA) is 99.2 Å². The number of nitrogens with one attached hydrogen (secondary N) is 1. The van der Waals surface area contributed by atoms with Gasteiger partial charge in [-0.1, -0.05) is 5.16 Å². The molecule has 2 rings (SSSR count). The van der Waals surface area contributed by atoms with E-state index >= 15 is 0 Å². The Morgan fingerprint density at radius 2 is 2.13 bits per heavy atom. The summed E-state index contributed by atoms with van der Waals surface area (Å²) in [5.74, 6) is -0.254. The van der Waals surface area contributed by atoms with E-state index in [4.69, 9.17) is 9.26 Å². The van der Waals surface area contributed by atoms with Crippen LogP contribution in [0.3, 0.4) is 0 Å². The second kappa shape index (κ2) is 6.91. The number of nitrogens with zero attached hydrogens (tertiary/aromatic N) is 3. The number of ether oxygens (including phenoxy) is 1. The van der Waals surface area contributed by atoms with Crippen LogP contribution in [0, 0.1) is 20.8 Å². The molecule has 0 bridgehead atoms. The molecular weight excluding hydrogens is 300 g/mol. The van der Waals surface area contributed by atoms with Crippen molar-refractivity contribution in [2.24, 2.45) is 7.05 Å². The molecule has 0 aliphatic carbocycles. The largest absolute Gasteiger partial charge is 0.452 e. The van der Waals surface area contributed by atoms with Gasteiger partial charge in [0.25, 0.3) is 5.91 Å². The number of hydrogen-bond acceptors (Lipinski definition) is 6. The first-order valence-electron chi connectivity index (χ1n) is 6.95. The molecule has 1 amide bonds. The summed E-state index contributed by atoms with van der Waals surface area (Å²) in [5, 5.41) is 10.3. The minimum atomic E-state index is -0.612. The molecule has 23 heavy (non-hydrogen) atoms. The van der Waals surface area contributed by atoms with Crippen LogP contribution >= 0.6 is 0 Å². The lowest BCUT2D eigenvalue weighted by Crippen LogP contribution is -2.20. The molecule has 8 nitrogen and oxygen atoms in total. The molecule has 0 aliphatic rings. The fourth-order valence-corrected chi connectivity index (χ4v) is 1.97. The third-order valence-corrected chi connectivity index (χ3v) is 3.19. The average molecular weight is 318 g/mol. The molecule has 8 heteroatoms. The summed E-state index contributed by atoms with van der Waals surface area (Å²) in [4.78, 5) is 23.3. The van der Waals surface area contributed by atoms with E-state index in [0.717, 1.165) is 17.0 Å². The van der Waals surface area contributed by atoms with Crippen molar-refractivity contribution in [1.29, 1.82) is 0 Å². The maximum absolute atomic E-state index is 11.7. The van der Waals surface area contributed by atoms with Gasteiger partial charge in [-0.3, -0.25) is 9.48 Å². The number of amides is 1. The van der Waals surface area contributed by atoms with Crippen molar-refractivity contribution in [1.82, 2.24) is 14.9 Å². The smallest absolute Gasteiger partial charge is 0.331 e. The summed E-state index contributed by atoms with van der Waals surface area (Å²) in [5.41, 5.74) is 2.60. The maximum Gasteiger partial charge on any atom is 0.331 e. The van der Waals surface area contributed by atoms with E-state index in [2.05, 4.69) is 15.6 Å². The second-order valence-corrected chi connectivity index (χ2v) is 5.02. The van der Waals surface area contributed by atoms with E-state index in [9.17, 15) is 9.59 Å². The lowest BCUT2D eigenvalue weighted by atomic mass is 10.2. The Morgan fingerprint density at radius 1 is 1.39 bits per heavy atom. The number of rotatable bonds is 5. The maximum atomic E-state index is 11.7. The molecule has 0 radical (unpaired) electrons. The Labute approximate surface area is 133 Å². The first-order chi connectivity index (χ1) is 10.9. The van der Waals surface area contributed by atoms with Crippen molar-refractivity contribution in [2.75, 3.05) is 11.9 Å². The fraction of sp³-hybridized carbons (Fsp3) is 0.333. The highest BCUT2D eigenvalue weighted by atomic mass is 16.5. The molecule has 0 saturated carbocycles. The predicted octanol–water partition coefficient (Wildman–Crippen LogP) is 1.53. The number of esters is 1. The van der Waals surface area contributed by atoms with E-state index in [-0.39, 0.29) is 5.82 Å². The van der Waals surface area contributed by atoms with E-state index < -0.39 is 18.5 Å². The van der Waals surface area contributed by atoms with Crippen LogP contribution in [-0.2, 0) is 21.4 Å². The van der Waals surface area contributed by atoms with Crippen molar-refractivity contribution >= 4 is 23.8 Å². The molecule has 0 unspecified atom stereocenters. The van der Waals surface area contributed by atoms with Crippen molar-refractivity contribution in [3.05, 3.63) is 34.9 Å². The Bertz CT molecular complexity index is 758. The molecule has 2 aromatic heterocycles. The monoisotopic (exact) mass is 318 g/mol. The summed E-state index contributed by atoms with van der Waals surface area (Å²) >= 11 is 0. The van der Waals surface area contributed by atoms with Gasteiger partial charge in [-0.2, -0.15) is 5.10 Å². The quantitative estimate of drug-likeness (QED) is 0.663. The van der Waals surface area contributed by atoms with Gasteiger partial charge >= 0.3 is 5.97 Å². The molecule has 1 N–H and O–H groups in total. The van der Waals surface area contributed by atoms with Crippen LogP contribution in [0.4, 0.5) is 5.82 Å². The Balaban J connectivity index is 1.85. The van der Waals surface area contributed by atoms with Crippen molar-refractivity contribution in [3.63, 3.8) is 0 Å². The predicted molar refractivity (Wildman–Crippen MR) is 82.5 cm³/mol. The number of anilines is 1. The summed E-state index contributed by atoms with van der Waals surface area (Å²) in [6, 6.07) is 1.56. The third kappa shape index (κ3) is 4.29. The zero-order valence-electron chi connectivity index (χ0n) is 13.4. The van der Waals surface area contributed by atoms with Crippen LogP contribution in [0.2, 0.25) is 0 Å². The molecule has 0 aliphatic heterocycles. The molecule has 0 saturated heterocycles. The fourth-order valence-electron chi connectivity index (χ4n) is 1.97.